The molecule has 138 valence electrons. The normalized spacial score (nSPS) is 30.5. The van der Waals surface area contributed by atoms with Crippen LogP contribution in [0.3, 0.4) is 0 Å². The van der Waals surface area contributed by atoms with E-state index in [1.165, 1.54) is 24.8 Å². The third kappa shape index (κ3) is 3.40. The summed E-state index contributed by atoms with van der Waals surface area (Å²) in [6.07, 6.45) is 8.63. The number of carboxylic acid groups (broad SMARTS) is 1. The van der Waals surface area contributed by atoms with Crippen molar-refractivity contribution in [2.24, 2.45) is 23.7 Å². The Hall–Kier alpha value is -2.14. The van der Waals surface area contributed by atoms with Crippen molar-refractivity contribution >= 4 is 17.6 Å². The number of fused-ring (bicyclic) bond motifs is 2. The first-order chi connectivity index (χ1) is 12.6. The van der Waals surface area contributed by atoms with Crippen LogP contribution >= 0.6 is 0 Å². The summed E-state index contributed by atoms with van der Waals surface area (Å²) in [5, 5.41) is 12.4. The lowest BCUT2D eigenvalue weighted by atomic mass is 9.82. The number of carbonyl (C=O) groups is 2. The number of benzene rings is 1. The lowest BCUT2D eigenvalue weighted by Gasteiger charge is -2.26. The van der Waals surface area contributed by atoms with Gasteiger partial charge in [-0.1, -0.05) is 30.7 Å². The molecular weight excluding hydrogens is 328 g/mol. The SMILES string of the molecule is O=C(O)C1C2C=CC(C2)C1C(=O)Nc1ccc(CN2CCCCC2)cc1. The van der Waals surface area contributed by atoms with Crippen molar-refractivity contribution < 1.29 is 14.7 Å². The van der Waals surface area contributed by atoms with Crippen LogP contribution < -0.4 is 5.32 Å². The van der Waals surface area contributed by atoms with E-state index in [9.17, 15) is 14.7 Å². The Kier molecular flexibility index (Phi) is 4.81. The van der Waals surface area contributed by atoms with E-state index >= 15 is 0 Å². The zero-order valence-corrected chi connectivity index (χ0v) is 14.9. The first kappa shape index (κ1) is 17.3. The van der Waals surface area contributed by atoms with Crippen LogP contribution in [0.4, 0.5) is 5.69 Å². The van der Waals surface area contributed by atoms with Gasteiger partial charge in [-0.3, -0.25) is 14.5 Å². The van der Waals surface area contributed by atoms with E-state index in [1.807, 2.05) is 24.3 Å². The predicted molar refractivity (Wildman–Crippen MR) is 99.6 cm³/mol. The largest absolute Gasteiger partial charge is 0.481 e. The average Bonchev–Trinajstić information content (AvgIpc) is 3.25. The van der Waals surface area contributed by atoms with Gasteiger partial charge in [-0.25, -0.2) is 0 Å². The number of carbonyl (C=O) groups excluding carboxylic acids is 1. The highest BCUT2D eigenvalue weighted by molar-refractivity contribution is 5.96. The number of nitrogens with one attached hydrogen (secondary N) is 1. The average molecular weight is 354 g/mol. The Morgan fingerprint density at radius 2 is 1.65 bits per heavy atom. The molecule has 4 rings (SSSR count). The van der Waals surface area contributed by atoms with E-state index in [0.717, 1.165) is 31.7 Å². The highest BCUT2D eigenvalue weighted by Crippen LogP contribution is 2.48. The molecule has 4 atom stereocenters. The minimum Gasteiger partial charge on any atom is -0.481 e. The van der Waals surface area contributed by atoms with Crippen LogP contribution in [0.1, 0.15) is 31.2 Å². The fourth-order valence-corrected chi connectivity index (χ4v) is 4.81. The van der Waals surface area contributed by atoms with Crippen molar-refractivity contribution in [3.05, 3.63) is 42.0 Å². The highest BCUT2D eigenvalue weighted by Gasteiger charge is 2.51. The van der Waals surface area contributed by atoms with Gasteiger partial charge in [0.1, 0.15) is 0 Å². The molecule has 0 aromatic heterocycles. The zero-order chi connectivity index (χ0) is 18.1. The summed E-state index contributed by atoms with van der Waals surface area (Å²) in [7, 11) is 0. The van der Waals surface area contributed by atoms with Crippen LogP contribution in [-0.4, -0.2) is 35.0 Å². The van der Waals surface area contributed by atoms with E-state index in [1.54, 1.807) is 0 Å². The molecule has 1 saturated heterocycles. The van der Waals surface area contributed by atoms with Gasteiger partial charge in [-0.2, -0.15) is 0 Å². The highest BCUT2D eigenvalue weighted by atomic mass is 16.4. The maximum Gasteiger partial charge on any atom is 0.307 e. The molecule has 3 aliphatic rings. The van der Waals surface area contributed by atoms with Gasteiger partial charge in [0.25, 0.3) is 0 Å². The Morgan fingerprint density at radius 1 is 1.00 bits per heavy atom. The molecule has 2 bridgehead atoms. The second-order valence-electron chi connectivity index (χ2n) is 7.86. The molecule has 0 radical (unpaired) electrons. The van der Waals surface area contributed by atoms with E-state index < -0.39 is 17.8 Å². The summed E-state index contributed by atoms with van der Waals surface area (Å²) in [6, 6.07) is 7.96. The number of carboxylic acids is 1. The summed E-state index contributed by atoms with van der Waals surface area (Å²) in [5.74, 6) is -2.03. The summed E-state index contributed by atoms with van der Waals surface area (Å²) in [6.45, 7) is 3.27. The molecule has 2 aliphatic carbocycles. The van der Waals surface area contributed by atoms with Gasteiger partial charge in [-0.15, -0.1) is 0 Å². The molecule has 1 aromatic rings. The van der Waals surface area contributed by atoms with Gasteiger partial charge in [0, 0.05) is 12.2 Å². The van der Waals surface area contributed by atoms with E-state index in [0.29, 0.717) is 0 Å². The molecular formula is C21H26N2O3. The molecule has 1 heterocycles. The molecule has 2 N–H and O–H groups in total. The van der Waals surface area contributed by atoms with Crippen LogP contribution in [-0.2, 0) is 16.1 Å². The second kappa shape index (κ2) is 7.23. The lowest BCUT2D eigenvalue weighted by Crippen LogP contribution is -2.36. The molecule has 2 fully saturated rings. The van der Waals surface area contributed by atoms with Crippen molar-refractivity contribution in [3.8, 4) is 0 Å². The van der Waals surface area contributed by atoms with E-state index in [2.05, 4.69) is 22.3 Å². The minimum absolute atomic E-state index is 0.000156. The molecule has 1 amide bonds. The number of hydrogen-bond donors (Lipinski definition) is 2. The monoisotopic (exact) mass is 354 g/mol. The van der Waals surface area contributed by atoms with Gasteiger partial charge < -0.3 is 10.4 Å². The lowest BCUT2D eigenvalue weighted by molar-refractivity contribution is -0.146. The third-order valence-corrected chi connectivity index (χ3v) is 6.12. The maximum atomic E-state index is 12.7. The summed E-state index contributed by atoms with van der Waals surface area (Å²) < 4.78 is 0. The van der Waals surface area contributed by atoms with Crippen LogP contribution in [0.15, 0.2) is 36.4 Å². The van der Waals surface area contributed by atoms with Crippen LogP contribution in [0, 0.1) is 23.7 Å². The van der Waals surface area contributed by atoms with Gasteiger partial charge in [0.15, 0.2) is 0 Å². The Labute approximate surface area is 154 Å². The fraction of sp³-hybridized carbons (Fsp3) is 0.524. The number of likely N-dealkylation sites (tertiary alicyclic amines) is 1. The van der Waals surface area contributed by atoms with E-state index in [4.69, 9.17) is 0 Å². The van der Waals surface area contributed by atoms with Gasteiger partial charge >= 0.3 is 5.97 Å². The molecule has 5 heteroatoms. The summed E-state index contributed by atoms with van der Waals surface area (Å²) in [5.41, 5.74) is 1.99. The Balaban J connectivity index is 1.38. The number of hydrogen-bond acceptors (Lipinski definition) is 3. The number of nitrogens with zero attached hydrogens (tertiary/aromatic N) is 1. The van der Waals surface area contributed by atoms with Crippen molar-refractivity contribution in [1.29, 1.82) is 0 Å². The van der Waals surface area contributed by atoms with Gasteiger partial charge in [-0.05, 0) is 61.9 Å². The molecule has 1 aromatic carbocycles. The van der Waals surface area contributed by atoms with Crippen LogP contribution in [0.5, 0.6) is 0 Å². The maximum absolute atomic E-state index is 12.7. The minimum atomic E-state index is -0.862. The smallest absolute Gasteiger partial charge is 0.307 e. The third-order valence-electron chi connectivity index (χ3n) is 6.12. The van der Waals surface area contributed by atoms with Crippen molar-refractivity contribution in [2.45, 2.75) is 32.2 Å². The quantitative estimate of drug-likeness (QED) is 0.797. The summed E-state index contributed by atoms with van der Waals surface area (Å²) in [4.78, 5) is 26.7. The first-order valence-corrected chi connectivity index (χ1v) is 9.65. The molecule has 4 unspecified atom stereocenters. The number of rotatable bonds is 5. The Bertz CT molecular complexity index is 706. The van der Waals surface area contributed by atoms with Crippen LogP contribution in [0.25, 0.3) is 0 Å². The number of anilines is 1. The molecule has 5 nitrogen and oxygen atoms in total. The van der Waals surface area contributed by atoms with Crippen molar-refractivity contribution in [1.82, 2.24) is 4.90 Å². The number of piperidine rings is 1. The standard InChI is InChI=1S/C21H26N2O3/c24-20(18-15-6-7-16(12-15)19(18)21(25)26)22-17-8-4-14(5-9-17)13-23-10-2-1-3-11-23/h4-9,15-16,18-19H,1-3,10-13H2,(H,22,24)(H,25,26). The number of amides is 1. The Morgan fingerprint density at radius 3 is 2.31 bits per heavy atom. The first-order valence-electron chi connectivity index (χ1n) is 9.65. The van der Waals surface area contributed by atoms with Crippen molar-refractivity contribution in [3.63, 3.8) is 0 Å². The van der Waals surface area contributed by atoms with Crippen LogP contribution in [0.2, 0.25) is 0 Å². The summed E-state index contributed by atoms with van der Waals surface area (Å²) >= 11 is 0. The molecule has 26 heavy (non-hydrogen) atoms. The second-order valence-corrected chi connectivity index (χ2v) is 7.86. The number of aliphatic carboxylic acids is 1. The van der Waals surface area contributed by atoms with E-state index in [-0.39, 0.29) is 17.7 Å². The fourth-order valence-electron chi connectivity index (χ4n) is 4.81. The molecule has 0 spiro atoms. The predicted octanol–water partition coefficient (Wildman–Crippen LogP) is 3.13. The zero-order valence-electron chi connectivity index (χ0n) is 14.9. The number of allylic oxidation sites excluding steroid dienone is 2. The molecule has 1 aliphatic heterocycles. The molecule has 1 saturated carbocycles. The topological polar surface area (TPSA) is 69.6 Å². The van der Waals surface area contributed by atoms with Gasteiger partial charge in [0.05, 0.1) is 11.8 Å². The van der Waals surface area contributed by atoms with Gasteiger partial charge in [0.2, 0.25) is 5.91 Å². The van der Waals surface area contributed by atoms with Crippen molar-refractivity contribution in [2.75, 3.05) is 18.4 Å².